The minimum atomic E-state index is -1.23. The van der Waals surface area contributed by atoms with Crippen molar-refractivity contribution in [1.29, 1.82) is 0 Å². The second-order valence-electron chi connectivity index (χ2n) is 3.92. The maximum atomic E-state index is 11.4. The third-order valence-electron chi connectivity index (χ3n) is 2.62. The van der Waals surface area contributed by atoms with Gasteiger partial charge in [0.1, 0.15) is 0 Å². The van der Waals surface area contributed by atoms with Crippen LogP contribution in [0.3, 0.4) is 0 Å². The lowest BCUT2D eigenvalue weighted by Crippen LogP contribution is -2.03. The molecule has 20 heavy (non-hydrogen) atoms. The number of rotatable bonds is 4. The zero-order valence-electron chi connectivity index (χ0n) is 10.3. The minimum absolute atomic E-state index is 0.0638. The molecule has 0 aliphatic carbocycles. The van der Waals surface area contributed by atoms with Crippen LogP contribution in [0, 0.1) is 10.1 Å². The first-order chi connectivity index (χ1) is 9.59. The number of nitro groups is 1. The Morgan fingerprint density at radius 1 is 1.25 bits per heavy atom. The van der Waals surface area contributed by atoms with E-state index in [0.717, 1.165) is 0 Å². The SMILES string of the molecule is O=C(O)/C(=C/c1cccnc1)c1ccccc1[N+](=O)[O-]. The molecule has 6 nitrogen and oxygen atoms in total. The number of carboxylic acid groups (broad SMARTS) is 1. The number of aromatic nitrogens is 1. The van der Waals surface area contributed by atoms with E-state index in [-0.39, 0.29) is 16.8 Å². The minimum Gasteiger partial charge on any atom is -0.478 e. The van der Waals surface area contributed by atoms with Crippen LogP contribution >= 0.6 is 0 Å². The van der Waals surface area contributed by atoms with Crippen LogP contribution in [-0.4, -0.2) is 21.0 Å². The molecule has 0 saturated heterocycles. The first-order valence-electron chi connectivity index (χ1n) is 5.68. The first kappa shape index (κ1) is 13.4. The van der Waals surface area contributed by atoms with Gasteiger partial charge in [-0.3, -0.25) is 15.1 Å². The van der Waals surface area contributed by atoms with E-state index in [0.29, 0.717) is 5.56 Å². The number of para-hydroxylation sites is 1. The Balaban J connectivity index is 2.59. The second-order valence-corrected chi connectivity index (χ2v) is 3.92. The Labute approximate surface area is 114 Å². The molecule has 1 aromatic heterocycles. The van der Waals surface area contributed by atoms with Crippen molar-refractivity contribution in [2.75, 3.05) is 0 Å². The smallest absolute Gasteiger partial charge is 0.336 e. The molecule has 0 unspecified atom stereocenters. The highest BCUT2D eigenvalue weighted by Crippen LogP contribution is 2.27. The van der Waals surface area contributed by atoms with E-state index in [4.69, 9.17) is 0 Å². The molecular formula is C14H10N2O4. The number of benzene rings is 1. The fraction of sp³-hybridized carbons (Fsp3) is 0. The number of pyridine rings is 1. The summed E-state index contributed by atoms with van der Waals surface area (Å²) < 4.78 is 0. The number of hydrogen-bond acceptors (Lipinski definition) is 4. The molecule has 0 bridgehead atoms. The van der Waals surface area contributed by atoms with Gasteiger partial charge in [-0.1, -0.05) is 18.2 Å². The zero-order valence-corrected chi connectivity index (χ0v) is 10.3. The monoisotopic (exact) mass is 270 g/mol. The third-order valence-corrected chi connectivity index (χ3v) is 2.62. The van der Waals surface area contributed by atoms with Crippen LogP contribution in [0.15, 0.2) is 48.8 Å². The average molecular weight is 270 g/mol. The number of carbonyl (C=O) groups is 1. The summed E-state index contributed by atoms with van der Waals surface area (Å²) in [6.07, 6.45) is 4.40. The number of aliphatic carboxylic acids is 1. The van der Waals surface area contributed by atoms with Gasteiger partial charge in [-0.2, -0.15) is 0 Å². The molecule has 0 atom stereocenters. The largest absolute Gasteiger partial charge is 0.478 e. The van der Waals surface area contributed by atoms with E-state index < -0.39 is 10.9 Å². The third kappa shape index (κ3) is 2.86. The van der Waals surface area contributed by atoms with Gasteiger partial charge in [-0.15, -0.1) is 0 Å². The van der Waals surface area contributed by atoms with Gasteiger partial charge in [0.25, 0.3) is 5.69 Å². The molecule has 1 heterocycles. The molecule has 6 heteroatoms. The lowest BCUT2D eigenvalue weighted by atomic mass is 10.0. The van der Waals surface area contributed by atoms with Crippen LogP contribution < -0.4 is 0 Å². The fourth-order valence-electron chi connectivity index (χ4n) is 1.74. The van der Waals surface area contributed by atoms with Gasteiger partial charge < -0.3 is 5.11 Å². The maximum Gasteiger partial charge on any atom is 0.336 e. The summed E-state index contributed by atoms with van der Waals surface area (Å²) in [5.74, 6) is -1.23. The van der Waals surface area contributed by atoms with E-state index in [2.05, 4.69) is 4.98 Å². The van der Waals surface area contributed by atoms with E-state index in [1.54, 1.807) is 24.4 Å². The van der Waals surface area contributed by atoms with Crippen molar-refractivity contribution in [1.82, 2.24) is 4.98 Å². The molecule has 0 fully saturated rings. The average Bonchev–Trinajstić information content (AvgIpc) is 2.45. The van der Waals surface area contributed by atoms with Crippen molar-refractivity contribution in [2.24, 2.45) is 0 Å². The highest BCUT2D eigenvalue weighted by molar-refractivity contribution is 6.21. The first-order valence-corrected chi connectivity index (χ1v) is 5.68. The van der Waals surface area contributed by atoms with Gasteiger partial charge in [0.15, 0.2) is 0 Å². The van der Waals surface area contributed by atoms with Gasteiger partial charge in [0.05, 0.1) is 16.1 Å². The number of carboxylic acids is 1. The quantitative estimate of drug-likeness (QED) is 0.523. The van der Waals surface area contributed by atoms with Gasteiger partial charge in [0.2, 0.25) is 0 Å². The Kier molecular flexibility index (Phi) is 3.85. The predicted octanol–water partition coefficient (Wildman–Crippen LogP) is 2.62. The molecule has 2 rings (SSSR count). The summed E-state index contributed by atoms with van der Waals surface area (Å²) in [6, 6.07) is 9.06. The molecule has 1 N–H and O–H groups in total. The van der Waals surface area contributed by atoms with Crippen molar-refractivity contribution in [3.8, 4) is 0 Å². The highest BCUT2D eigenvalue weighted by Gasteiger charge is 2.20. The van der Waals surface area contributed by atoms with Crippen molar-refractivity contribution in [3.05, 3.63) is 70.0 Å². The summed E-state index contributed by atoms with van der Waals surface area (Å²) in [7, 11) is 0. The topological polar surface area (TPSA) is 93.3 Å². The molecule has 100 valence electrons. The molecule has 0 saturated carbocycles. The number of hydrogen-bond donors (Lipinski definition) is 1. The molecular weight excluding hydrogens is 260 g/mol. The maximum absolute atomic E-state index is 11.4. The van der Waals surface area contributed by atoms with Crippen LogP contribution in [0.1, 0.15) is 11.1 Å². The van der Waals surface area contributed by atoms with Crippen molar-refractivity contribution < 1.29 is 14.8 Å². The number of nitrogens with zero attached hydrogens (tertiary/aromatic N) is 2. The molecule has 2 aromatic rings. The number of nitro benzene ring substituents is 1. The van der Waals surface area contributed by atoms with E-state index in [1.165, 1.54) is 30.5 Å². The van der Waals surface area contributed by atoms with E-state index >= 15 is 0 Å². The van der Waals surface area contributed by atoms with Gasteiger partial charge >= 0.3 is 5.97 Å². The molecule has 0 amide bonds. The van der Waals surface area contributed by atoms with Crippen molar-refractivity contribution in [2.45, 2.75) is 0 Å². The van der Waals surface area contributed by atoms with Crippen LogP contribution in [0.5, 0.6) is 0 Å². The summed E-state index contributed by atoms with van der Waals surface area (Å²) in [4.78, 5) is 25.6. The molecule has 0 spiro atoms. The Hall–Kier alpha value is -3.02. The predicted molar refractivity (Wildman–Crippen MR) is 72.8 cm³/mol. The summed E-state index contributed by atoms with van der Waals surface area (Å²) in [5.41, 5.74) is 0.229. The summed E-state index contributed by atoms with van der Waals surface area (Å²) >= 11 is 0. The Morgan fingerprint density at radius 3 is 2.60 bits per heavy atom. The molecule has 0 radical (unpaired) electrons. The van der Waals surface area contributed by atoms with Crippen LogP contribution in [0.4, 0.5) is 5.69 Å². The van der Waals surface area contributed by atoms with E-state index in [1.807, 2.05) is 0 Å². The molecule has 1 aromatic carbocycles. The summed E-state index contributed by atoms with van der Waals surface area (Å²) in [6.45, 7) is 0. The molecule has 0 aliphatic rings. The van der Waals surface area contributed by atoms with Crippen LogP contribution in [-0.2, 0) is 4.79 Å². The normalized spacial score (nSPS) is 11.1. The van der Waals surface area contributed by atoms with Gasteiger partial charge in [-0.05, 0) is 23.8 Å². The Morgan fingerprint density at radius 2 is 2.00 bits per heavy atom. The zero-order chi connectivity index (χ0) is 14.5. The van der Waals surface area contributed by atoms with Crippen LogP contribution in [0.2, 0.25) is 0 Å². The van der Waals surface area contributed by atoms with Gasteiger partial charge in [0, 0.05) is 18.5 Å². The van der Waals surface area contributed by atoms with Gasteiger partial charge in [-0.25, -0.2) is 4.79 Å². The second kappa shape index (κ2) is 5.75. The highest BCUT2D eigenvalue weighted by atomic mass is 16.6. The van der Waals surface area contributed by atoms with Crippen LogP contribution in [0.25, 0.3) is 11.6 Å². The lowest BCUT2D eigenvalue weighted by Gasteiger charge is -2.04. The summed E-state index contributed by atoms with van der Waals surface area (Å²) in [5, 5.41) is 20.3. The van der Waals surface area contributed by atoms with E-state index in [9.17, 15) is 20.0 Å². The molecule has 0 aliphatic heterocycles. The lowest BCUT2D eigenvalue weighted by molar-refractivity contribution is -0.385. The van der Waals surface area contributed by atoms with Crippen molar-refractivity contribution in [3.63, 3.8) is 0 Å². The Bertz CT molecular complexity index is 681. The standard InChI is InChI=1S/C14H10N2O4/c17-14(18)12(8-10-4-3-7-15-9-10)11-5-1-2-6-13(11)16(19)20/h1-9H,(H,17,18)/b12-8+. The fourth-order valence-corrected chi connectivity index (χ4v) is 1.74. The van der Waals surface area contributed by atoms with Crippen molar-refractivity contribution >= 4 is 23.3 Å².